The maximum atomic E-state index is 13.2. The Kier molecular flexibility index (Phi) is 5.36. The van der Waals surface area contributed by atoms with Gasteiger partial charge in [0, 0.05) is 23.4 Å². The fraction of sp³-hybridized carbons (Fsp3) is 0.312. The first kappa shape index (κ1) is 19.5. The number of aliphatic hydroxyl groups is 1. The van der Waals surface area contributed by atoms with Crippen LogP contribution in [0, 0.1) is 0 Å². The van der Waals surface area contributed by atoms with E-state index in [1.54, 1.807) is 12.1 Å². The molecule has 1 atom stereocenters. The number of carbonyl (C=O) groups excluding carboxylic acids is 1. The van der Waals surface area contributed by atoms with Gasteiger partial charge in [-0.25, -0.2) is 13.5 Å². The Bertz CT molecular complexity index is 906. The van der Waals surface area contributed by atoms with Crippen LogP contribution in [0.4, 0.5) is 8.78 Å². The zero-order chi connectivity index (χ0) is 19.8. The van der Waals surface area contributed by atoms with E-state index in [0.29, 0.717) is 20.8 Å². The minimum absolute atomic E-state index is 0.0873. The number of benzene rings is 1. The van der Waals surface area contributed by atoms with Crippen molar-refractivity contribution in [3.05, 3.63) is 46.2 Å². The lowest BCUT2D eigenvalue weighted by Gasteiger charge is -2.29. The Morgan fingerprint density at radius 3 is 2.81 bits per heavy atom. The molecule has 0 saturated heterocycles. The Hall–Kier alpha value is -2.23. The van der Waals surface area contributed by atoms with Crippen molar-refractivity contribution in [1.82, 2.24) is 14.8 Å². The molecule has 1 aromatic carbocycles. The molecule has 0 aliphatic carbocycles. The van der Waals surface area contributed by atoms with E-state index < -0.39 is 24.5 Å². The van der Waals surface area contributed by atoms with Crippen LogP contribution >= 0.6 is 23.2 Å². The van der Waals surface area contributed by atoms with Gasteiger partial charge in [0.15, 0.2) is 12.4 Å². The summed E-state index contributed by atoms with van der Waals surface area (Å²) in [7, 11) is 0. The monoisotopic (exact) mass is 418 g/mol. The zero-order valence-corrected chi connectivity index (χ0v) is 15.5. The first-order chi connectivity index (χ1) is 12.7. The highest BCUT2D eigenvalue weighted by Gasteiger charge is 2.51. The van der Waals surface area contributed by atoms with Gasteiger partial charge in [0.25, 0.3) is 12.3 Å². The topological polar surface area (TPSA) is 80.0 Å². The number of carbonyl (C=O) groups is 1. The van der Waals surface area contributed by atoms with E-state index in [9.17, 15) is 18.7 Å². The Morgan fingerprint density at radius 2 is 2.15 bits per heavy atom. The van der Waals surface area contributed by atoms with E-state index in [2.05, 4.69) is 10.2 Å². The van der Waals surface area contributed by atoms with Crippen LogP contribution in [0.5, 0.6) is 5.75 Å². The quantitative estimate of drug-likeness (QED) is 0.806. The summed E-state index contributed by atoms with van der Waals surface area (Å²) in [6.07, 6.45) is -2.19. The Labute approximate surface area is 162 Å². The van der Waals surface area contributed by atoms with Crippen molar-refractivity contribution in [2.75, 3.05) is 0 Å². The summed E-state index contributed by atoms with van der Waals surface area (Å²) in [5.41, 5.74) is -2.64. The minimum atomic E-state index is -3.18. The average Bonchev–Trinajstić information content (AvgIpc) is 3.18. The van der Waals surface area contributed by atoms with Crippen LogP contribution in [-0.2, 0) is 6.73 Å². The average molecular weight is 419 g/mol. The summed E-state index contributed by atoms with van der Waals surface area (Å²) < 4.78 is 33.2. The van der Waals surface area contributed by atoms with E-state index in [0.717, 1.165) is 0 Å². The molecule has 1 aliphatic heterocycles. The second kappa shape index (κ2) is 7.41. The lowest BCUT2D eigenvalue weighted by atomic mass is 10.1. The summed E-state index contributed by atoms with van der Waals surface area (Å²) in [5, 5.41) is 18.9. The molecule has 2 aromatic rings. The molecule has 144 valence electrons. The van der Waals surface area contributed by atoms with Crippen LogP contribution in [0.2, 0.25) is 10.0 Å². The molecule has 1 N–H and O–H groups in total. The second-order valence-electron chi connectivity index (χ2n) is 5.90. The van der Waals surface area contributed by atoms with Gasteiger partial charge in [0.2, 0.25) is 5.72 Å². The maximum Gasteiger partial charge on any atom is 0.297 e. The van der Waals surface area contributed by atoms with Gasteiger partial charge >= 0.3 is 0 Å². The molecule has 1 aliphatic rings. The Balaban J connectivity index is 1.72. The van der Waals surface area contributed by atoms with Gasteiger partial charge in [-0.1, -0.05) is 23.2 Å². The molecule has 0 radical (unpaired) electrons. The first-order valence-electron chi connectivity index (χ1n) is 7.71. The normalized spacial score (nSPS) is 19.5. The molecular weight excluding hydrogens is 405 g/mol. The van der Waals surface area contributed by atoms with Crippen LogP contribution < -0.4 is 4.74 Å². The van der Waals surface area contributed by atoms with E-state index in [1.165, 1.54) is 29.9 Å². The second-order valence-corrected chi connectivity index (χ2v) is 6.74. The molecule has 11 heteroatoms. The molecule has 1 aromatic heterocycles. The van der Waals surface area contributed by atoms with Crippen LogP contribution in [0.25, 0.3) is 0 Å². The molecule has 0 unspecified atom stereocenters. The third-order valence-corrected chi connectivity index (χ3v) is 4.33. The number of halogens is 4. The van der Waals surface area contributed by atoms with Gasteiger partial charge in [-0.2, -0.15) is 15.2 Å². The molecule has 2 heterocycles. The molecule has 7 nitrogen and oxygen atoms in total. The predicted octanol–water partition coefficient (Wildman–Crippen LogP) is 3.40. The van der Waals surface area contributed by atoms with Gasteiger partial charge in [-0.3, -0.25) is 4.79 Å². The van der Waals surface area contributed by atoms with Crippen molar-refractivity contribution in [2.24, 2.45) is 5.10 Å². The van der Waals surface area contributed by atoms with Crippen LogP contribution in [-0.4, -0.2) is 43.7 Å². The number of hydrogen-bond acceptors (Lipinski definition) is 5. The molecule has 0 saturated carbocycles. The summed E-state index contributed by atoms with van der Waals surface area (Å²) in [4.78, 5) is 12.5. The van der Waals surface area contributed by atoms with Crippen LogP contribution in [0.3, 0.4) is 0 Å². The van der Waals surface area contributed by atoms with Crippen molar-refractivity contribution in [3.63, 3.8) is 0 Å². The highest BCUT2D eigenvalue weighted by atomic mass is 35.5. The first-order valence-corrected chi connectivity index (χ1v) is 8.47. The molecule has 0 fully saturated rings. The summed E-state index contributed by atoms with van der Waals surface area (Å²) in [6.45, 7) is 1.36. The predicted molar refractivity (Wildman–Crippen MR) is 94.2 cm³/mol. The number of ether oxygens (including phenoxy) is 1. The molecule has 0 spiro atoms. The van der Waals surface area contributed by atoms with Gasteiger partial charge < -0.3 is 9.84 Å². The summed E-state index contributed by atoms with van der Waals surface area (Å²) in [6, 6.07) is 5.99. The lowest BCUT2D eigenvalue weighted by molar-refractivity contribution is -0.164. The number of rotatable bonds is 5. The number of alkyl halides is 2. The minimum Gasteiger partial charge on any atom is -0.470 e. The summed E-state index contributed by atoms with van der Waals surface area (Å²) >= 11 is 11.8. The van der Waals surface area contributed by atoms with Crippen LogP contribution in [0.15, 0.2) is 35.6 Å². The van der Waals surface area contributed by atoms with Gasteiger partial charge in [-0.15, -0.1) is 0 Å². The van der Waals surface area contributed by atoms with E-state index >= 15 is 0 Å². The third-order valence-electron chi connectivity index (χ3n) is 3.80. The van der Waals surface area contributed by atoms with Crippen molar-refractivity contribution in [2.45, 2.75) is 32.2 Å². The van der Waals surface area contributed by atoms with Crippen molar-refractivity contribution >= 4 is 34.8 Å². The zero-order valence-electron chi connectivity index (χ0n) is 13.9. The molecule has 1 amide bonds. The number of nitrogens with zero attached hydrogens (tertiary/aromatic N) is 4. The highest BCUT2D eigenvalue weighted by molar-refractivity contribution is 6.35. The Morgan fingerprint density at radius 1 is 1.41 bits per heavy atom. The number of hydrazone groups is 1. The van der Waals surface area contributed by atoms with Crippen LogP contribution in [0.1, 0.15) is 23.8 Å². The molecule has 3 rings (SSSR count). The molecule has 27 heavy (non-hydrogen) atoms. The van der Waals surface area contributed by atoms with Crippen molar-refractivity contribution < 1.29 is 23.4 Å². The fourth-order valence-electron chi connectivity index (χ4n) is 2.52. The van der Waals surface area contributed by atoms with Gasteiger partial charge in [-0.05, 0) is 31.2 Å². The fourth-order valence-corrected chi connectivity index (χ4v) is 2.98. The maximum absolute atomic E-state index is 13.2. The molecular formula is C16H14Cl2F2N4O3. The van der Waals surface area contributed by atoms with Crippen molar-refractivity contribution in [1.29, 1.82) is 0 Å². The van der Waals surface area contributed by atoms with E-state index in [1.807, 2.05) is 0 Å². The smallest absolute Gasteiger partial charge is 0.297 e. The number of aromatic nitrogens is 2. The number of hydrogen-bond donors (Lipinski definition) is 1. The lowest BCUT2D eigenvalue weighted by Crippen LogP contribution is -2.51. The van der Waals surface area contributed by atoms with E-state index in [-0.39, 0.29) is 18.1 Å². The SMILES string of the molecule is CC1=NN(C(=O)c2ccn(COc3ccc(Cl)cc3Cl)n2)[C@](O)(C(F)F)C1. The largest absolute Gasteiger partial charge is 0.470 e. The van der Waals surface area contributed by atoms with Crippen molar-refractivity contribution in [3.8, 4) is 5.75 Å². The van der Waals surface area contributed by atoms with Gasteiger partial charge in [0.1, 0.15) is 5.75 Å². The molecule has 0 bridgehead atoms. The third kappa shape index (κ3) is 3.90. The van der Waals surface area contributed by atoms with Gasteiger partial charge in [0.05, 0.1) is 5.02 Å². The van der Waals surface area contributed by atoms with E-state index in [4.69, 9.17) is 27.9 Å². The number of amides is 1. The standard InChI is InChI=1S/C16H14Cl2F2N4O3/c1-9-7-16(26,15(19)20)24(21-9)14(25)12-4-5-23(22-12)8-27-13-3-2-10(17)6-11(13)18/h2-6,15,26H,7-8H2,1H3/t16-/m1/s1. The summed E-state index contributed by atoms with van der Waals surface area (Å²) in [5.74, 6) is -0.589. The highest BCUT2D eigenvalue weighted by Crippen LogP contribution is 2.32.